The highest BCUT2D eigenvalue weighted by molar-refractivity contribution is 6.10. The van der Waals surface area contributed by atoms with E-state index in [4.69, 9.17) is 10.5 Å². The Bertz CT molecular complexity index is 922. The fourth-order valence-electron chi connectivity index (χ4n) is 3.45. The van der Waals surface area contributed by atoms with E-state index in [2.05, 4.69) is 9.97 Å². The van der Waals surface area contributed by atoms with Gasteiger partial charge in [-0.2, -0.15) is 9.97 Å². The Labute approximate surface area is 164 Å². The summed E-state index contributed by atoms with van der Waals surface area (Å²) < 4.78 is 5.03. The van der Waals surface area contributed by atoms with Gasteiger partial charge in [0.2, 0.25) is 5.91 Å². The predicted molar refractivity (Wildman–Crippen MR) is 107 cm³/mol. The number of carbonyl (C=O) groups excluding carboxylic acids is 2. The van der Waals surface area contributed by atoms with Gasteiger partial charge in [-0.05, 0) is 31.5 Å². The molecule has 0 unspecified atom stereocenters. The predicted octanol–water partition coefficient (Wildman–Crippen LogP) is 1.64. The number of nitrogens with two attached hydrogens (primary N) is 1. The van der Waals surface area contributed by atoms with Gasteiger partial charge in [-0.1, -0.05) is 12.1 Å². The maximum atomic E-state index is 13.0. The van der Waals surface area contributed by atoms with Crippen LogP contribution >= 0.6 is 0 Å². The first kappa shape index (κ1) is 19.6. The summed E-state index contributed by atoms with van der Waals surface area (Å²) in [6.07, 6.45) is 0.552. The number of amides is 2. The standard InChI is InChI=1S/C20H25N5O3/c1-20(2,18(27)24(3)4)12-6-8-13(9-7-12)25-11-10-14-15(17(25)26)16(21)23-19(22-14)28-5/h6-9H,10-11H2,1-5H3,(H2,21,22,23). The fraction of sp³-hybridized carbons (Fsp3) is 0.400. The number of hydrogen-bond donors (Lipinski definition) is 1. The zero-order chi connectivity index (χ0) is 20.6. The van der Waals surface area contributed by atoms with Crippen LogP contribution in [0.4, 0.5) is 11.5 Å². The van der Waals surface area contributed by atoms with E-state index in [0.29, 0.717) is 24.2 Å². The molecule has 0 saturated heterocycles. The van der Waals surface area contributed by atoms with E-state index < -0.39 is 5.41 Å². The van der Waals surface area contributed by atoms with Crippen LogP contribution < -0.4 is 15.4 Å². The highest BCUT2D eigenvalue weighted by Gasteiger charge is 2.33. The Morgan fingerprint density at radius 3 is 2.43 bits per heavy atom. The molecule has 1 aromatic carbocycles. The second kappa shape index (κ2) is 7.10. The van der Waals surface area contributed by atoms with Crippen LogP contribution in [0.2, 0.25) is 0 Å². The molecule has 8 nitrogen and oxygen atoms in total. The van der Waals surface area contributed by atoms with Crippen molar-refractivity contribution in [1.82, 2.24) is 14.9 Å². The third-order valence-corrected chi connectivity index (χ3v) is 5.05. The van der Waals surface area contributed by atoms with Gasteiger partial charge in [0, 0.05) is 32.7 Å². The Morgan fingerprint density at radius 1 is 1.21 bits per heavy atom. The highest BCUT2D eigenvalue weighted by atomic mass is 16.5. The molecule has 148 valence electrons. The minimum Gasteiger partial charge on any atom is -0.467 e. The molecule has 0 atom stereocenters. The smallest absolute Gasteiger partial charge is 0.318 e. The summed E-state index contributed by atoms with van der Waals surface area (Å²) >= 11 is 0. The number of aromatic nitrogens is 2. The topological polar surface area (TPSA) is 102 Å². The number of fused-ring (bicyclic) bond motifs is 1. The van der Waals surface area contributed by atoms with Crippen LogP contribution in [0.15, 0.2) is 24.3 Å². The van der Waals surface area contributed by atoms with Crippen molar-refractivity contribution >= 4 is 23.3 Å². The summed E-state index contributed by atoms with van der Waals surface area (Å²) in [5.41, 5.74) is 7.85. The molecule has 2 N–H and O–H groups in total. The summed E-state index contributed by atoms with van der Waals surface area (Å²) in [5.74, 6) is -0.106. The van der Waals surface area contributed by atoms with Gasteiger partial charge >= 0.3 is 6.01 Å². The number of anilines is 2. The molecule has 2 heterocycles. The van der Waals surface area contributed by atoms with Crippen LogP contribution in [0.5, 0.6) is 6.01 Å². The molecule has 2 amide bonds. The van der Waals surface area contributed by atoms with E-state index >= 15 is 0 Å². The van der Waals surface area contributed by atoms with Crippen LogP contribution in [-0.2, 0) is 16.6 Å². The van der Waals surface area contributed by atoms with Crippen molar-refractivity contribution in [2.45, 2.75) is 25.7 Å². The fourth-order valence-corrected chi connectivity index (χ4v) is 3.45. The van der Waals surface area contributed by atoms with E-state index in [1.807, 2.05) is 38.1 Å². The number of ether oxygens (including phenoxy) is 1. The van der Waals surface area contributed by atoms with E-state index in [1.165, 1.54) is 7.11 Å². The van der Waals surface area contributed by atoms with Crippen molar-refractivity contribution in [3.8, 4) is 6.01 Å². The Kier molecular flexibility index (Phi) is 4.97. The second-order valence-electron chi connectivity index (χ2n) is 7.50. The van der Waals surface area contributed by atoms with Crippen LogP contribution in [0, 0.1) is 0 Å². The minimum atomic E-state index is -0.657. The van der Waals surface area contributed by atoms with E-state index in [9.17, 15) is 9.59 Å². The molecule has 3 rings (SSSR count). The monoisotopic (exact) mass is 383 g/mol. The van der Waals surface area contributed by atoms with Gasteiger partial charge in [0.1, 0.15) is 11.4 Å². The van der Waals surface area contributed by atoms with Gasteiger partial charge in [0.05, 0.1) is 18.2 Å². The molecule has 0 aliphatic carbocycles. The lowest BCUT2D eigenvalue weighted by atomic mass is 9.83. The number of likely N-dealkylation sites (N-methyl/N-ethyl adjacent to an activating group) is 1. The number of nitrogen functional groups attached to an aromatic ring is 1. The van der Waals surface area contributed by atoms with Gasteiger partial charge in [0.25, 0.3) is 5.91 Å². The first-order valence-corrected chi connectivity index (χ1v) is 9.01. The molecule has 0 radical (unpaired) electrons. The van der Waals surface area contributed by atoms with E-state index in [1.54, 1.807) is 23.9 Å². The third-order valence-electron chi connectivity index (χ3n) is 5.05. The van der Waals surface area contributed by atoms with Crippen molar-refractivity contribution in [3.05, 3.63) is 41.1 Å². The molecule has 1 aliphatic rings. The zero-order valence-corrected chi connectivity index (χ0v) is 16.8. The lowest BCUT2D eigenvalue weighted by Crippen LogP contribution is -2.40. The molecule has 28 heavy (non-hydrogen) atoms. The second-order valence-corrected chi connectivity index (χ2v) is 7.50. The largest absolute Gasteiger partial charge is 0.467 e. The number of hydrogen-bond acceptors (Lipinski definition) is 6. The summed E-state index contributed by atoms with van der Waals surface area (Å²) in [6.45, 7) is 4.25. The van der Waals surface area contributed by atoms with Crippen molar-refractivity contribution in [2.75, 3.05) is 38.4 Å². The van der Waals surface area contributed by atoms with Crippen molar-refractivity contribution in [1.29, 1.82) is 0 Å². The number of nitrogens with zero attached hydrogens (tertiary/aromatic N) is 4. The normalized spacial score (nSPS) is 13.9. The SMILES string of the molecule is COc1nc(N)c2c(n1)CCN(c1ccc(C(C)(C)C(=O)N(C)C)cc1)C2=O. The molecule has 0 saturated carbocycles. The van der Waals surface area contributed by atoms with Gasteiger partial charge in [0.15, 0.2) is 0 Å². The van der Waals surface area contributed by atoms with Crippen LogP contribution in [-0.4, -0.2) is 54.4 Å². The molecule has 0 fully saturated rings. The summed E-state index contributed by atoms with van der Waals surface area (Å²) in [6, 6.07) is 7.63. The molecular formula is C20H25N5O3. The third kappa shape index (κ3) is 3.26. The first-order chi connectivity index (χ1) is 13.2. The average molecular weight is 383 g/mol. The lowest BCUT2D eigenvalue weighted by Gasteiger charge is -2.30. The number of benzene rings is 1. The quantitative estimate of drug-likeness (QED) is 0.861. The molecule has 8 heteroatoms. The highest BCUT2D eigenvalue weighted by Crippen LogP contribution is 2.30. The van der Waals surface area contributed by atoms with E-state index in [0.717, 1.165) is 11.3 Å². The van der Waals surface area contributed by atoms with Gasteiger partial charge in [-0.15, -0.1) is 0 Å². The molecule has 2 aromatic rings. The van der Waals surface area contributed by atoms with Crippen molar-refractivity contribution < 1.29 is 14.3 Å². The van der Waals surface area contributed by atoms with Gasteiger partial charge in [-0.25, -0.2) is 0 Å². The van der Waals surface area contributed by atoms with Crippen LogP contribution in [0.3, 0.4) is 0 Å². The maximum absolute atomic E-state index is 13.0. The van der Waals surface area contributed by atoms with Crippen LogP contribution in [0.1, 0.15) is 35.5 Å². The van der Waals surface area contributed by atoms with Gasteiger partial charge < -0.3 is 20.3 Å². The number of carbonyl (C=O) groups is 2. The zero-order valence-electron chi connectivity index (χ0n) is 16.8. The maximum Gasteiger partial charge on any atom is 0.318 e. The van der Waals surface area contributed by atoms with Gasteiger partial charge in [-0.3, -0.25) is 9.59 Å². The van der Waals surface area contributed by atoms with Crippen molar-refractivity contribution in [3.63, 3.8) is 0 Å². The molecular weight excluding hydrogens is 358 g/mol. The Morgan fingerprint density at radius 2 is 1.86 bits per heavy atom. The van der Waals surface area contributed by atoms with E-state index in [-0.39, 0.29) is 23.6 Å². The summed E-state index contributed by atoms with van der Waals surface area (Å²) in [7, 11) is 4.94. The van der Waals surface area contributed by atoms with Crippen LogP contribution in [0.25, 0.3) is 0 Å². The van der Waals surface area contributed by atoms with Crippen molar-refractivity contribution in [2.24, 2.45) is 0 Å². The minimum absolute atomic E-state index is 0.0158. The first-order valence-electron chi connectivity index (χ1n) is 9.01. The molecule has 0 spiro atoms. The lowest BCUT2D eigenvalue weighted by molar-refractivity contribution is -0.133. The number of rotatable bonds is 4. The summed E-state index contributed by atoms with van der Waals surface area (Å²) in [4.78, 5) is 36.9. The Hall–Kier alpha value is -3.16. The summed E-state index contributed by atoms with van der Waals surface area (Å²) in [5, 5.41) is 0. The average Bonchev–Trinajstić information content (AvgIpc) is 2.67. The molecule has 0 bridgehead atoms. The molecule has 1 aliphatic heterocycles. The molecule has 1 aromatic heterocycles. The Balaban J connectivity index is 1.90. The number of methoxy groups -OCH3 is 1.